The number of carbonyl (C=O) groups is 1. The second-order valence-corrected chi connectivity index (χ2v) is 19.7. The topological polar surface area (TPSA) is 55.1 Å². The number of hydrazine groups is 1. The van der Waals surface area contributed by atoms with Gasteiger partial charge in [-0.15, -0.1) is 0 Å². The van der Waals surface area contributed by atoms with Gasteiger partial charge >= 0.3 is 146 Å². The normalized spacial score (nSPS) is 11.5. The van der Waals surface area contributed by atoms with E-state index in [2.05, 4.69) is 38.3 Å². The summed E-state index contributed by atoms with van der Waals surface area (Å²) in [5.41, 5.74) is 3.20. The van der Waals surface area contributed by atoms with Crippen LogP contribution in [-0.4, -0.2) is 24.3 Å². The van der Waals surface area contributed by atoms with Gasteiger partial charge in [0.2, 0.25) is 0 Å². The van der Waals surface area contributed by atoms with Crippen molar-refractivity contribution in [2.24, 2.45) is 5.84 Å². The molecule has 1 aromatic rings. The molecule has 0 fully saturated rings. The Hall–Kier alpha value is -0.551. The number of carbonyl (C=O) groups excluding carboxylic acids is 1. The molecule has 0 unspecified atom stereocenters. The number of nitrogens with two attached hydrogens (primary N) is 1. The van der Waals surface area contributed by atoms with Crippen molar-refractivity contribution in [3.63, 3.8) is 0 Å². The Balaban J connectivity index is 3.31. The summed E-state index contributed by atoms with van der Waals surface area (Å²) in [4.78, 5) is 12.3. The Morgan fingerprint density at radius 2 is 1.43 bits per heavy atom. The SMILES string of the molecule is CCC[CH2][Sn]([CH2]CCC)([CH2]CCC)[c]1ccccc1C(=O)NN. The Morgan fingerprint density at radius 1 is 0.957 bits per heavy atom. The zero-order valence-electron chi connectivity index (χ0n) is 15.2. The van der Waals surface area contributed by atoms with E-state index in [1.807, 2.05) is 12.1 Å². The number of rotatable bonds is 11. The molecule has 0 saturated carbocycles. The summed E-state index contributed by atoms with van der Waals surface area (Å²) < 4.78 is 5.49. The van der Waals surface area contributed by atoms with Gasteiger partial charge in [0.25, 0.3) is 0 Å². The molecule has 1 aromatic carbocycles. The molecule has 0 aliphatic carbocycles. The molecule has 1 amide bonds. The van der Waals surface area contributed by atoms with Crippen LogP contribution in [0.3, 0.4) is 0 Å². The first-order valence-electron chi connectivity index (χ1n) is 9.25. The zero-order chi connectivity index (χ0) is 17.1. The minimum absolute atomic E-state index is 0.119. The molecule has 0 aromatic heterocycles. The number of hydrogen-bond acceptors (Lipinski definition) is 2. The molecule has 0 heterocycles. The molecule has 23 heavy (non-hydrogen) atoms. The molecule has 0 spiro atoms. The van der Waals surface area contributed by atoms with Gasteiger partial charge in [-0.05, 0) is 0 Å². The average molecular weight is 425 g/mol. The fourth-order valence-corrected chi connectivity index (χ4v) is 20.3. The van der Waals surface area contributed by atoms with Crippen molar-refractivity contribution in [2.45, 2.75) is 72.6 Å². The standard InChI is InChI=1S/C7H7N2O.3C4H9.Sn/c8-9-7(10)6-4-2-1-3-5-6;3*1-3-4-2;/h1-4H,8H2,(H,9,10);3*1,3-4H2,2H3;. The van der Waals surface area contributed by atoms with E-state index in [1.54, 1.807) is 0 Å². The van der Waals surface area contributed by atoms with Gasteiger partial charge in [0.1, 0.15) is 0 Å². The van der Waals surface area contributed by atoms with Crippen LogP contribution in [0, 0.1) is 0 Å². The Kier molecular flexibility index (Phi) is 9.87. The van der Waals surface area contributed by atoms with Crippen molar-refractivity contribution < 1.29 is 4.79 Å². The molecule has 3 nitrogen and oxygen atoms in total. The van der Waals surface area contributed by atoms with E-state index in [-0.39, 0.29) is 5.91 Å². The summed E-state index contributed by atoms with van der Waals surface area (Å²) in [7, 11) is 0. The molecule has 0 aliphatic rings. The predicted molar refractivity (Wildman–Crippen MR) is 103 cm³/mol. The summed E-state index contributed by atoms with van der Waals surface area (Å²) in [6, 6.07) is 8.27. The van der Waals surface area contributed by atoms with Gasteiger partial charge in [0.15, 0.2) is 0 Å². The Morgan fingerprint density at radius 3 is 1.87 bits per heavy atom. The van der Waals surface area contributed by atoms with Gasteiger partial charge < -0.3 is 0 Å². The number of nitrogens with one attached hydrogen (secondary N) is 1. The minimum atomic E-state index is -2.58. The van der Waals surface area contributed by atoms with E-state index < -0.39 is 18.4 Å². The van der Waals surface area contributed by atoms with Crippen LogP contribution in [0.5, 0.6) is 0 Å². The van der Waals surface area contributed by atoms with Gasteiger partial charge in [-0.2, -0.15) is 0 Å². The second kappa shape index (κ2) is 11.1. The number of benzene rings is 1. The van der Waals surface area contributed by atoms with Gasteiger partial charge in [-0.25, -0.2) is 0 Å². The number of unbranched alkanes of at least 4 members (excludes halogenated alkanes) is 3. The van der Waals surface area contributed by atoms with E-state index in [1.165, 1.54) is 55.4 Å². The van der Waals surface area contributed by atoms with Crippen LogP contribution in [0.2, 0.25) is 13.3 Å². The predicted octanol–water partition coefficient (Wildman–Crippen LogP) is 4.35. The number of amides is 1. The zero-order valence-corrected chi connectivity index (χ0v) is 18.0. The first kappa shape index (κ1) is 20.5. The molecular weight excluding hydrogens is 391 g/mol. The van der Waals surface area contributed by atoms with Crippen molar-refractivity contribution in [1.82, 2.24) is 5.43 Å². The average Bonchev–Trinajstić information content (AvgIpc) is 2.61. The van der Waals surface area contributed by atoms with Crippen LogP contribution in [0.15, 0.2) is 24.3 Å². The van der Waals surface area contributed by atoms with E-state index in [0.29, 0.717) is 0 Å². The van der Waals surface area contributed by atoms with Gasteiger partial charge in [0, 0.05) is 0 Å². The third-order valence-electron chi connectivity index (χ3n) is 4.90. The molecule has 130 valence electrons. The van der Waals surface area contributed by atoms with Gasteiger partial charge in [-0.3, -0.25) is 0 Å². The van der Waals surface area contributed by atoms with Gasteiger partial charge in [0.05, 0.1) is 0 Å². The number of hydrogen-bond donors (Lipinski definition) is 2. The summed E-state index contributed by atoms with van der Waals surface area (Å²) in [5, 5.41) is 0. The summed E-state index contributed by atoms with van der Waals surface area (Å²) in [5.74, 6) is 5.32. The molecule has 0 saturated heterocycles. The Labute approximate surface area is 146 Å². The van der Waals surface area contributed by atoms with E-state index in [4.69, 9.17) is 5.84 Å². The van der Waals surface area contributed by atoms with Crippen molar-refractivity contribution in [1.29, 1.82) is 0 Å². The molecular formula is C19H34N2OSn. The Bertz CT molecular complexity index is 454. The molecule has 1 rings (SSSR count). The maximum atomic E-state index is 12.3. The maximum absolute atomic E-state index is 12.3. The van der Waals surface area contributed by atoms with E-state index >= 15 is 0 Å². The summed E-state index contributed by atoms with van der Waals surface area (Å²) in [6.07, 6.45) is 7.60. The van der Waals surface area contributed by atoms with Crippen molar-refractivity contribution >= 4 is 27.9 Å². The van der Waals surface area contributed by atoms with E-state index in [0.717, 1.165) is 5.56 Å². The number of nitrogen functional groups attached to an aromatic ring is 1. The van der Waals surface area contributed by atoms with Gasteiger partial charge in [-0.1, -0.05) is 0 Å². The third-order valence-corrected chi connectivity index (χ3v) is 20.6. The molecule has 3 N–H and O–H groups in total. The summed E-state index contributed by atoms with van der Waals surface area (Å²) in [6.45, 7) is 6.82. The molecule has 0 aliphatic heterocycles. The first-order valence-corrected chi connectivity index (χ1v) is 16.7. The van der Waals surface area contributed by atoms with Crippen molar-refractivity contribution in [3.8, 4) is 0 Å². The van der Waals surface area contributed by atoms with E-state index in [9.17, 15) is 4.79 Å². The van der Waals surface area contributed by atoms with Crippen LogP contribution < -0.4 is 14.8 Å². The molecule has 4 heteroatoms. The molecule has 0 radical (unpaired) electrons. The molecule has 0 atom stereocenters. The monoisotopic (exact) mass is 426 g/mol. The fourth-order valence-electron chi connectivity index (χ4n) is 3.55. The van der Waals surface area contributed by atoms with Crippen LogP contribution in [0.4, 0.5) is 0 Å². The van der Waals surface area contributed by atoms with Crippen molar-refractivity contribution in [2.75, 3.05) is 0 Å². The van der Waals surface area contributed by atoms with Crippen LogP contribution in [-0.2, 0) is 0 Å². The van der Waals surface area contributed by atoms with Crippen LogP contribution >= 0.6 is 0 Å². The quantitative estimate of drug-likeness (QED) is 0.240. The van der Waals surface area contributed by atoms with Crippen molar-refractivity contribution in [3.05, 3.63) is 29.8 Å². The van der Waals surface area contributed by atoms with Crippen LogP contribution in [0.1, 0.15) is 69.7 Å². The molecule has 0 bridgehead atoms. The second-order valence-electron chi connectivity index (χ2n) is 6.61. The summed E-state index contributed by atoms with van der Waals surface area (Å²) >= 11 is -2.58. The van der Waals surface area contributed by atoms with Crippen LogP contribution in [0.25, 0.3) is 0 Å². The fraction of sp³-hybridized carbons (Fsp3) is 0.632. The third kappa shape index (κ3) is 5.79. The first-order chi connectivity index (χ1) is 11.1.